The lowest BCUT2D eigenvalue weighted by molar-refractivity contribution is 0.483. The third-order valence-electron chi connectivity index (χ3n) is 1.80. The van der Waals surface area contributed by atoms with E-state index in [4.69, 9.17) is 0 Å². The van der Waals surface area contributed by atoms with Gasteiger partial charge >= 0.3 is 0 Å². The second kappa shape index (κ2) is 7.80. The topological polar surface area (TPSA) is 12.0 Å². The highest BCUT2D eigenvalue weighted by atomic mass is 14.9. The number of allylic oxidation sites excluding steroid dienone is 1. The number of rotatable bonds is 7. The van der Waals surface area contributed by atoms with Crippen LogP contribution in [0.2, 0.25) is 0 Å². The van der Waals surface area contributed by atoms with E-state index in [0.29, 0.717) is 6.04 Å². The molecule has 0 aliphatic carbocycles. The maximum Gasteiger partial charge on any atom is 0.00670 e. The Morgan fingerprint density at radius 2 is 2.27 bits per heavy atom. The fourth-order valence-electron chi connectivity index (χ4n) is 1.15. The van der Waals surface area contributed by atoms with E-state index in [9.17, 15) is 0 Å². The van der Waals surface area contributed by atoms with Crippen molar-refractivity contribution in [3.63, 3.8) is 0 Å². The first-order valence-electron chi connectivity index (χ1n) is 4.48. The molecule has 0 aromatic rings. The van der Waals surface area contributed by atoms with Gasteiger partial charge in [0.2, 0.25) is 0 Å². The number of hydrogen-bond acceptors (Lipinski definition) is 1. The normalized spacial score (nSPS) is 12.9. The SMILES string of the molecule is [CH2]CC(CCCC=C)NCC. The van der Waals surface area contributed by atoms with E-state index >= 15 is 0 Å². The third kappa shape index (κ3) is 6.11. The minimum Gasteiger partial charge on any atom is -0.314 e. The second-order valence-electron chi connectivity index (χ2n) is 2.76. The number of unbranched alkanes of at least 4 members (excludes halogenated alkanes) is 1. The highest BCUT2D eigenvalue weighted by Crippen LogP contribution is 2.03. The molecule has 65 valence electrons. The smallest absolute Gasteiger partial charge is 0.00670 e. The Balaban J connectivity index is 3.27. The Hall–Kier alpha value is -0.300. The van der Waals surface area contributed by atoms with E-state index < -0.39 is 0 Å². The Bertz CT molecular complexity index is 88.9. The molecule has 1 unspecified atom stereocenters. The van der Waals surface area contributed by atoms with Crippen LogP contribution in [-0.4, -0.2) is 12.6 Å². The molecular weight excluding hydrogens is 134 g/mol. The molecule has 1 heteroatoms. The molecular formula is C10H20N. The van der Waals surface area contributed by atoms with Gasteiger partial charge in [0.15, 0.2) is 0 Å². The van der Waals surface area contributed by atoms with Crippen molar-refractivity contribution in [2.75, 3.05) is 6.54 Å². The zero-order valence-corrected chi connectivity index (χ0v) is 7.60. The Labute approximate surface area is 70.9 Å². The first-order valence-corrected chi connectivity index (χ1v) is 4.48. The predicted octanol–water partition coefficient (Wildman–Crippen LogP) is 2.54. The van der Waals surface area contributed by atoms with E-state index in [1.165, 1.54) is 12.8 Å². The molecule has 0 aliphatic rings. The summed E-state index contributed by atoms with van der Waals surface area (Å²) in [5.74, 6) is 0. The van der Waals surface area contributed by atoms with Crippen molar-refractivity contribution in [3.8, 4) is 0 Å². The molecule has 0 amide bonds. The molecule has 0 heterocycles. The monoisotopic (exact) mass is 154 g/mol. The van der Waals surface area contributed by atoms with Gasteiger partial charge in [0.05, 0.1) is 0 Å². The minimum atomic E-state index is 0.611. The minimum absolute atomic E-state index is 0.611. The number of nitrogens with one attached hydrogen (secondary N) is 1. The Kier molecular flexibility index (Phi) is 7.59. The summed E-state index contributed by atoms with van der Waals surface area (Å²) in [6.45, 7) is 10.8. The standard InChI is InChI=1S/C10H20N/c1-4-7-8-9-10(5-2)11-6-3/h4,10-11H,1-2,5-9H2,3H3. The zero-order valence-electron chi connectivity index (χ0n) is 7.60. The summed E-state index contributed by atoms with van der Waals surface area (Å²) in [5.41, 5.74) is 0. The van der Waals surface area contributed by atoms with Gasteiger partial charge in [-0.05, 0) is 32.2 Å². The van der Waals surface area contributed by atoms with Gasteiger partial charge in [-0.3, -0.25) is 0 Å². The van der Waals surface area contributed by atoms with Gasteiger partial charge in [-0.2, -0.15) is 0 Å². The molecule has 0 fully saturated rings. The van der Waals surface area contributed by atoms with Crippen molar-refractivity contribution in [3.05, 3.63) is 19.6 Å². The summed E-state index contributed by atoms with van der Waals surface area (Å²) in [6.07, 6.45) is 6.55. The highest BCUT2D eigenvalue weighted by molar-refractivity contribution is 4.71. The van der Waals surface area contributed by atoms with Gasteiger partial charge in [-0.15, -0.1) is 6.58 Å². The fourth-order valence-corrected chi connectivity index (χ4v) is 1.15. The zero-order chi connectivity index (χ0) is 8.53. The first-order chi connectivity index (χ1) is 5.35. The van der Waals surface area contributed by atoms with E-state index in [1.807, 2.05) is 6.08 Å². The highest BCUT2D eigenvalue weighted by Gasteiger charge is 2.01. The third-order valence-corrected chi connectivity index (χ3v) is 1.80. The van der Waals surface area contributed by atoms with E-state index in [0.717, 1.165) is 19.4 Å². The first kappa shape index (κ1) is 10.7. The largest absolute Gasteiger partial charge is 0.314 e. The molecule has 11 heavy (non-hydrogen) atoms. The molecule has 1 N–H and O–H groups in total. The lowest BCUT2D eigenvalue weighted by Gasteiger charge is -2.14. The summed E-state index contributed by atoms with van der Waals surface area (Å²) in [7, 11) is 0. The summed E-state index contributed by atoms with van der Waals surface area (Å²) in [5, 5.41) is 3.39. The summed E-state index contributed by atoms with van der Waals surface area (Å²) in [6, 6.07) is 0.611. The molecule has 0 aromatic heterocycles. The van der Waals surface area contributed by atoms with Crippen molar-refractivity contribution in [1.29, 1.82) is 0 Å². The average molecular weight is 154 g/mol. The molecule has 0 saturated carbocycles. The van der Waals surface area contributed by atoms with Gasteiger partial charge in [-0.1, -0.05) is 19.9 Å². The fraction of sp³-hybridized carbons (Fsp3) is 0.700. The summed E-state index contributed by atoms with van der Waals surface area (Å²) < 4.78 is 0. The molecule has 0 aliphatic heterocycles. The number of hydrogen-bond donors (Lipinski definition) is 1. The van der Waals surface area contributed by atoms with Crippen LogP contribution >= 0.6 is 0 Å². The van der Waals surface area contributed by atoms with E-state index in [2.05, 4.69) is 25.7 Å². The predicted molar refractivity (Wildman–Crippen MR) is 51.5 cm³/mol. The van der Waals surface area contributed by atoms with Crippen molar-refractivity contribution < 1.29 is 0 Å². The van der Waals surface area contributed by atoms with Crippen LogP contribution in [0, 0.1) is 6.92 Å². The average Bonchev–Trinajstić information content (AvgIpc) is 2.03. The Morgan fingerprint density at radius 1 is 1.55 bits per heavy atom. The van der Waals surface area contributed by atoms with Gasteiger partial charge < -0.3 is 5.32 Å². The van der Waals surface area contributed by atoms with Crippen molar-refractivity contribution in [2.24, 2.45) is 0 Å². The van der Waals surface area contributed by atoms with Gasteiger partial charge in [0.25, 0.3) is 0 Å². The van der Waals surface area contributed by atoms with Crippen molar-refractivity contribution in [2.45, 2.75) is 38.6 Å². The van der Waals surface area contributed by atoms with Crippen LogP contribution in [0.5, 0.6) is 0 Å². The van der Waals surface area contributed by atoms with Crippen molar-refractivity contribution >= 4 is 0 Å². The molecule has 0 spiro atoms. The van der Waals surface area contributed by atoms with Crippen LogP contribution in [0.15, 0.2) is 12.7 Å². The van der Waals surface area contributed by atoms with Gasteiger partial charge in [-0.25, -0.2) is 0 Å². The maximum absolute atomic E-state index is 3.90. The van der Waals surface area contributed by atoms with Crippen molar-refractivity contribution in [1.82, 2.24) is 5.32 Å². The van der Waals surface area contributed by atoms with E-state index in [1.54, 1.807) is 0 Å². The maximum atomic E-state index is 3.90. The lowest BCUT2D eigenvalue weighted by atomic mass is 10.1. The molecule has 0 rings (SSSR count). The summed E-state index contributed by atoms with van der Waals surface area (Å²) in [4.78, 5) is 0. The molecule has 1 radical (unpaired) electrons. The molecule has 0 aromatic carbocycles. The van der Waals surface area contributed by atoms with E-state index in [-0.39, 0.29) is 0 Å². The molecule has 1 atom stereocenters. The second-order valence-corrected chi connectivity index (χ2v) is 2.76. The van der Waals surface area contributed by atoms with Gasteiger partial charge in [0, 0.05) is 6.04 Å². The summed E-state index contributed by atoms with van der Waals surface area (Å²) >= 11 is 0. The Morgan fingerprint density at radius 3 is 2.73 bits per heavy atom. The van der Waals surface area contributed by atoms with Crippen LogP contribution in [0.25, 0.3) is 0 Å². The van der Waals surface area contributed by atoms with Gasteiger partial charge in [0.1, 0.15) is 0 Å². The molecule has 0 bridgehead atoms. The van der Waals surface area contributed by atoms with Crippen LogP contribution in [-0.2, 0) is 0 Å². The molecule has 0 saturated heterocycles. The molecule has 1 nitrogen and oxygen atoms in total. The van der Waals surface area contributed by atoms with Crippen LogP contribution < -0.4 is 5.32 Å². The van der Waals surface area contributed by atoms with Crippen LogP contribution in [0.4, 0.5) is 0 Å². The lowest BCUT2D eigenvalue weighted by Crippen LogP contribution is -2.27. The van der Waals surface area contributed by atoms with Crippen LogP contribution in [0.1, 0.15) is 32.6 Å². The quantitative estimate of drug-likeness (QED) is 0.439. The van der Waals surface area contributed by atoms with Crippen LogP contribution in [0.3, 0.4) is 0 Å².